The zero-order chi connectivity index (χ0) is 6.06. The molecular formula is C8H12O. The van der Waals surface area contributed by atoms with Crippen LogP contribution < -0.4 is 0 Å². The van der Waals surface area contributed by atoms with Crippen molar-refractivity contribution in [1.82, 2.24) is 0 Å². The van der Waals surface area contributed by atoms with Crippen LogP contribution in [0, 0.1) is 17.8 Å². The first kappa shape index (κ1) is 4.73. The lowest BCUT2D eigenvalue weighted by Gasteiger charge is -2.71. The third-order valence-electron chi connectivity index (χ3n) is 3.98. The summed E-state index contributed by atoms with van der Waals surface area (Å²) in [7, 11) is 0. The minimum absolute atomic E-state index is 0.122. The van der Waals surface area contributed by atoms with Crippen LogP contribution in [0.3, 0.4) is 0 Å². The van der Waals surface area contributed by atoms with E-state index >= 15 is 0 Å². The van der Waals surface area contributed by atoms with Crippen LogP contribution in [0.4, 0.5) is 0 Å². The summed E-state index contributed by atoms with van der Waals surface area (Å²) in [6.07, 6.45) is 5.16. The second-order valence-electron chi connectivity index (χ2n) is 3.98. The first-order chi connectivity index (χ1) is 4.32. The summed E-state index contributed by atoms with van der Waals surface area (Å²) < 4.78 is 0. The number of hydrogen-bond donors (Lipinski definition) is 1. The lowest BCUT2D eigenvalue weighted by Crippen LogP contribution is -2.72. The molecular weight excluding hydrogens is 112 g/mol. The lowest BCUT2D eigenvalue weighted by atomic mass is 9.37. The fourth-order valence-electron chi connectivity index (χ4n) is 3.16. The smallest absolute Gasteiger partial charge is 0.0709 e. The monoisotopic (exact) mass is 124 g/mol. The Morgan fingerprint density at radius 3 is 2.00 bits per heavy atom. The summed E-state index contributed by atoms with van der Waals surface area (Å²) in [5, 5.41) is 9.76. The topological polar surface area (TPSA) is 20.2 Å². The summed E-state index contributed by atoms with van der Waals surface area (Å²) in [5.74, 6) is 2.45. The molecule has 9 heavy (non-hydrogen) atoms. The second-order valence-corrected chi connectivity index (χ2v) is 3.98. The summed E-state index contributed by atoms with van der Waals surface area (Å²) in [5.41, 5.74) is -0.122. The van der Waals surface area contributed by atoms with Gasteiger partial charge in [-0.05, 0) is 43.4 Å². The van der Waals surface area contributed by atoms with Gasteiger partial charge in [0.05, 0.1) is 5.60 Å². The molecule has 0 aromatic rings. The normalized spacial score (nSPS) is 68.3. The van der Waals surface area contributed by atoms with E-state index in [0.29, 0.717) is 0 Å². The van der Waals surface area contributed by atoms with Crippen molar-refractivity contribution in [3.63, 3.8) is 0 Å². The Balaban J connectivity index is 1.92. The number of rotatable bonds is 0. The Morgan fingerprint density at radius 1 is 1.11 bits per heavy atom. The average molecular weight is 124 g/mol. The molecule has 1 heteroatoms. The van der Waals surface area contributed by atoms with Crippen LogP contribution in [0.1, 0.15) is 25.7 Å². The third-order valence-corrected chi connectivity index (χ3v) is 3.98. The quantitative estimate of drug-likeness (QED) is 0.514. The first-order valence-electron chi connectivity index (χ1n) is 4.05. The van der Waals surface area contributed by atoms with Crippen LogP contribution >= 0.6 is 0 Å². The molecule has 3 aliphatic carbocycles. The zero-order valence-electron chi connectivity index (χ0n) is 5.51. The van der Waals surface area contributed by atoms with Crippen molar-refractivity contribution in [2.75, 3.05) is 0 Å². The van der Waals surface area contributed by atoms with Crippen LogP contribution in [0.15, 0.2) is 0 Å². The van der Waals surface area contributed by atoms with E-state index < -0.39 is 0 Å². The molecule has 0 heterocycles. The zero-order valence-corrected chi connectivity index (χ0v) is 5.51. The molecule has 3 fully saturated rings. The van der Waals surface area contributed by atoms with Crippen molar-refractivity contribution in [3.8, 4) is 0 Å². The molecule has 0 aromatic heterocycles. The average Bonchev–Trinajstić information content (AvgIpc) is 1.77. The van der Waals surface area contributed by atoms with E-state index in [4.69, 9.17) is 0 Å². The molecule has 3 aliphatic rings. The SMILES string of the molecule is O[C@]12CCC1C1CCC12. The van der Waals surface area contributed by atoms with Gasteiger partial charge >= 0.3 is 0 Å². The van der Waals surface area contributed by atoms with Crippen LogP contribution in [0.2, 0.25) is 0 Å². The largest absolute Gasteiger partial charge is 0.389 e. The standard InChI is InChI=1S/C8H12O/c9-8-4-3-7(8)5-1-2-6(5)8/h5-7,9H,1-4H2/t5?,6?,7?,8-/m0/s1. The van der Waals surface area contributed by atoms with Gasteiger partial charge in [-0.2, -0.15) is 0 Å². The van der Waals surface area contributed by atoms with Crippen molar-refractivity contribution in [2.24, 2.45) is 17.8 Å². The van der Waals surface area contributed by atoms with E-state index in [2.05, 4.69) is 0 Å². The molecule has 4 atom stereocenters. The van der Waals surface area contributed by atoms with Crippen molar-refractivity contribution >= 4 is 0 Å². The molecule has 0 aromatic carbocycles. The van der Waals surface area contributed by atoms with Crippen LogP contribution in [0.5, 0.6) is 0 Å². The Labute approximate surface area is 55.1 Å². The molecule has 0 radical (unpaired) electrons. The van der Waals surface area contributed by atoms with Crippen LogP contribution in [0.25, 0.3) is 0 Å². The Kier molecular flexibility index (Phi) is 0.563. The molecule has 1 nitrogen and oxygen atoms in total. The second kappa shape index (κ2) is 1.07. The van der Waals surface area contributed by atoms with Gasteiger partial charge in [-0.1, -0.05) is 0 Å². The van der Waals surface area contributed by atoms with Gasteiger partial charge in [-0.3, -0.25) is 0 Å². The predicted molar refractivity (Wildman–Crippen MR) is 33.9 cm³/mol. The van der Waals surface area contributed by atoms with Gasteiger partial charge in [-0.15, -0.1) is 0 Å². The third kappa shape index (κ3) is 0.295. The Morgan fingerprint density at radius 2 is 1.89 bits per heavy atom. The highest BCUT2D eigenvalue weighted by Gasteiger charge is 2.69. The van der Waals surface area contributed by atoms with Crippen molar-refractivity contribution in [3.05, 3.63) is 0 Å². The molecule has 3 rings (SSSR count). The molecule has 50 valence electrons. The summed E-state index contributed by atoms with van der Waals surface area (Å²) >= 11 is 0. The van der Waals surface area contributed by atoms with Crippen molar-refractivity contribution < 1.29 is 5.11 Å². The maximum absolute atomic E-state index is 9.76. The highest BCUT2D eigenvalue weighted by molar-refractivity contribution is 5.19. The molecule has 0 saturated heterocycles. The van der Waals surface area contributed by atoms with E-state index in [-0.39, 0.29) is 5.60 Å². The summed E-state index contributed by atoms with van der Waals surface area (Å²) in [4.78, 5) is 0. The highest BCUT2D eigenvalue weighted by atomic mass is 16.3. The summed E-state index contributed by atoms with van der Waals surface area (Å²) in [6, 6.07) is 0. The van der Waals surface area contributed by atoms with Gasteiger partial charge in [0, 0.05) is 0 Å². The van der Waals surface area contributed by atoms with E-state index in [9.17, 15) is 5.11 Å². The number of fused-ring (bicyclic) bond motifs is 4. The minimum atomic E-state index is -0.122. The van der Waals surface area contributed by atoms with E-state index in [1.807, 2.05) is 0 Å². The predicted octanol–water partition coefficient (Wildman–Crippen LogP) is 1.17. The summed E-state index contributed by atoms with van der Waals surface area (Å²) in [6.45, 7) is 0. The van der Waals surface area contributed by atoms with Gasteiger partial charge in [-0.25, -0.2) is 0 Å². The molecule has 1 N–H and O–H groups in total. The Hall–Kier alpha value is -0.0400. The van der Waals surface area contributed by atoms with E-state index in [0.717, 1.165) is 24.2 Å². The van der Waals surface area contributed by atoms with E-state index in [1.165, 1.54) is 19.3 Å². The molecule has 0 spiro atoms. The van der Waals surface area contributed by atoms with Crippen LogP contribution in [-0.4, -0.2) is 10.7 Å². The van der Waals surface area contributed by atoms with E-state index in [1.54, 1.807) is 0 Å². The highest BCUT2D eigenvalue weighted by Crippen LogP contribution is 2.69. The van der Waals surface area contributed by atoms with Gasteiger partial charge in [0.15, 0.2) is 0 Å². The Bertz CT molecular complexity index is 154. The van der Waals surface area contributed by atoms with Crippen molar-refractivity contribution in [1.29, 1.82) is 0 Å². The maximum Gasteiger partial charge on any atom is 0.0709 e. The molecule has 0 bridgehead atoms. The number of hydrogen-bond acceptors (Lipinski definition) is 1. The fourth-order valence-corrected chi connectivity index (χ4v) is 3.16. The van der Waals surface area contributed by atoms with Crippen LogP contribution in [-0.2, 0) is 0 Å². The first-order valence-corrected chi connectivity index (χ1v) is 4.05. The fraction of sp³-hybridized carbons (Fsp3) is 1.00. The van der Waals surface area contributed by atoms with Gasteiger partial charge in [0.25, 0.3) is 0 Å². The van der Waals surface area contributed by atoms with Crippen molar-refractivity contribution in [2.45, 2.75) is 31.3 Å². The van der Waals surface area contributed by atoms with Gasteiger partial charge < -0.3 is 5.11 Å². The molecule has 0 aliphatic heterocycles. The molecule has 0 amide bonds. The minimum Gasteiger partial charge on any atom is -0.389 e. The maximum atomic E-state index is 9.76. The van der Waals surface area contributed by atoms with Gasteiger partial charge in [0.2, 0.25) is 0 Å². The van der Waals surface area contributed by atoms with Gasteiger partial charge in [0.1, 0.15) is 0 Å². The lowest BCUT2D eigenvalue weighted by molar-refractivity contribution is -0.297. The molecule has 3 saturated carbocycles. The number of aliphatic hydroxyl groups is 1. The molecule has 3 unspecified atom stereocenters.